The fraction of sp³-hybridized carbons (Fsp3) is 0.167. The number of hydrogen-bond donors (Lipinski definition) is 2. The molecule has 0 aromatic heterocycles. The summed E-state index contributed by atoms with van der Waals surface area (Å²) in [5.74, 6) is -2.53. The van der Waals surface area contributed by atoms with E-state index in [9.17, 15) is 19.2 Å². The van der Waals surface area contributed by atoms with Crippen molar-refractivity contribution in [1.29, 1.82) is 0 Å². The van der Waals surface area contributed by atoms with Gasteiger partial charge in [0.2, 0.25) is 11.8 Å². The maximum Gasteiger partial charge on any atom is 0.329 e. The van der Waals surface area contributed by atoms with E-state index in [1.54, 1.807) is 0 Å². The van der Waals surface area contributed by atoms with Crippen LogP contribution in [0.5, 0.6) is 0 Å². The van der Waals surface area contributed by atoms with Crippen molar-refractivity contribution in [2.45, 2.75) is 38.1 Å². The van der Waals surface area contributed by atoms with Gasteiger partial charge in [-0.15, -0.1) is 0 Å². The molecule has 0 radical (unpaired) electrons. The molecule has 224 valence electrons. The van der Waals surface area contributed by atoms with E-state index < -0.39 is 35.8 Å². The lowest BCUT2D eigenvalue weighted by molar-refractivity contribution is -0.149. The summed E-state index contributed by atoms with van der Waals surface area (Å²) in [6.45, 7) is 0.116. The van der Waals surface area contributed by atoms with Crippen molar-refractivity contribution < 1.29 is 28.7 Å². The van der Waals surface area contributed by atoms with Crippen LogP contribution in [0.2, 0.25) is 0 Å². The van der Waals surface area contributed by atoms with E-state index in [4.69, 9.17) is 9.47 Å². The zero-order valence-electron chi connectivity index (χ0n) is 24.1. The van der Waals surface area contributed by atoms with Gasteiger partial charge in [-0.05, 0) is 22.3 Å². The van der Waals surface area contributed by atoms with Crippen LogP contribution in [0.3, 0.4) is 0 Å². The second-order valence-electron chi connectivity index (χ2n) is 10.0. The van der Waals surface area contributed by atoms with Gasteiger partial charge < -0.3 is 20.1 Å². The van der Waals surface area contributed by atoms with E-state index in [0.29, 0.717) is 0 Å². The van der Waals surface area contributed by atoms with Crippen LogP contribution in [-0.4, -0.2) is 35.8 Å². The van der Waals surface area contributed by atoms with E-state index in [1.165, 1.54) is 0 Å². The fourth-order valence-corrected chi connectivity index (χ4v) is 4.34. The molecular formula is C36H34N2O6. The zero-order chi connectivity index (χ0) is 31.0. The molecule has 2 atom stereocenters. The molecule has 2 N–H and O–H groups in total. The Labute approximate surface area is 256 Å². The molecule has 0 saturated heterocycles. The Bertz CT molecular complexity index is 1410. The van der Waals surface area contributed by atoms with Crippen molar-refractivity contribution in [1.82, 2.24) is 10.6 Å². The highest BCUT2D eigenvalue weighted by atomic mass is 16.5. The smallest absolute Gasteiger partial charge is 0.329 e. The fourth-order valence-electron chi connectivity index (χ4n) is 4.34. The molecule has 4 aromatic rings. The largest absolute Gasteiger partial charge is 0.459 e. The van der Waals surface area contributed by atoms with Crippen LogP contribution in [-0.2, 0) is 54.7 Å². The molecule has 8 nitrogen and oxygen atoms in total. The van der Waals surface area contributed by atoms with Crippen LogP contribution >= 0.6 is 0 Å². The molecule has 0 spiro atoms. The molecule has 4 rings (SSSR count). The number of carbonyl (C=O) groups excluding carboxylic acids is 4. The Morgan fingerprint density at radius 3 is 1.09 bits per heavy atom. The Hall–Kier alpha value is -5.50. The summed E-state index contributed by atoms with van der Waals surface area (Å²) < 4.78 is 10.9. The highest BCUT2D eigenvalue weighted by Crippen LogP contribution is 2.09. The predicted octanol–water partition coefficient (Wildman–Crippen LogP) is 4.48. The molecule has 0 saturated carbocycles. The quantitative estimate of drug-likeness (QED) is 0.166. The molecule has 8 heteroatoms. The van der Waals surface area contributed by atoms with E-state index in [-0.39, 0.29) is 26.1 Å². The molecule has 0 heterocycles. The van der Waals surface area contributed by atoms with Crippen LogP contribution in [0.4, 0.5) is 0 Å². The monoisotopic (exact) mass is 590 g/mol. The lowest BCUT2D eigenvalue weighted by atomic mass is 10.1. The standard InChI is InChI=1S/C36H34N2O6/c39-33(37-31(23-27-13-5-1-6-14-27)35(41)43-25-29-17-9-3-10-18-29)21-22-34(40)38-32(24-28-15-7-2-8-16-28)36(42)44-26-30-19-11-4-12-20-30/h1-22,31-32H,23-26H2,(H,37,39)(H,38,40)/b22-21-/t31-,32-/m0/s1. The highest BCUT2D eigenvalue weighted by molar-refractivity contribution is 5.99. The minimum absolute atomic E-state index is 0.0578. The Morgan fingerprint density at radius 1 is 0.477 bits per heavy atom. The first-order valence-corrected chi connectivity index (χ1v) is 14.2. The van der Waals surface area contributed by atoms with Gasteiger partial charge in [0.05, 0.1) is 0 Å². The summed E-state index contributed by atoms with van der Waals surface area (Å²) in [7, 11) is 0. The van der Waals surface area contributed by atoms with Crippen LogP contribution in [0.15, 0.2) is 133 Å². The third-order valence-corrected chi connectivity index (χ3v) is 6.60. The summed E-state index contributed by atoms with van der Waals surface area (Å²) in [6, 6.07) is 34.9. The number of carbonyl (C=O) groups is 4. The zero-order valence-corrected chi connectivity index (χ0v) is 24.1. The molecular weight excluding hydrogens is 556 g/mol. The van der Waals surface area contributed by atoms with Crippen LogP contribution in [0, 0.1) is 0 Å². The molecule has 0 aliphatic rings. The lowest BCUT2D eigenvalue weighted by Crippen LogP contribution is -2.44. The first-order valence-electron chi connectivity index (χ1n) is 14.2. The molecule has 2 amide bonds. The number of ether oxygens (including phenoxy) is 2. The summed E-state index contributed by atoms with van der Waals surface area (Å²) in [5, 5.41) is 5.28. The van der Waals surface area contributed by atoms with Crippen molar-refractivity contribution in [3.05, 3.63) is 156 Å². The van der Waals surface area contributed by atoms with Crippen molar-refractivity contribution in [3.8, 4) is 0 Å². The van der Waals surface area contributed by atoms with Gasteiger partial charge in [-0.3, -0.25) is 9.59 Å². The molecule has 4 aromatic carbocycles. The lowest BCUT2D eigenvalue weighted by Gasteiger charge is -2.18. The SMILES string of the molecule is O=C(/C=C\C(=O)N[C@@H](Cc1ccccc1)C(=O)OCc1ccccc1)N[C@@H](Cc1ccccc1)C(=O)OCc1ccccc1. The summed E-state index contributed by atoms with van der Waals surface area (Å²) in [5.41, 5.74) is 3.28. The minimum atomic E-state index is -0.986. The Balaban J connectivity index is 1.38. The van der Waals surface area contributed by atoms with Gasteiger partial charge in [0.25, 0.3) is 0 Å². The summed E-state index contributed by atoms with van der Waals surface area (Å²) >= 11 is 0. The van der Waals surface area contributed by atoms with Crippen LogP contribution in [0.1, 0.15) is 22.3 Å². The number of benzene rings is 4. The highest BCUT2D eigenvalue weighted by Gasteiger charge is 2.24. The molecule has 44 heavy (non-hydrogen) atoms. The topological polar surface area (TPSA) is 111 Å². The Morgan fingerprint density at radius 2 is 0.773 bits per heavy atom. The molecule has 0 unspecified atom stereocenters. The summed E-state index contributed by atoms with van der Waals surface area (Å²) in [6.07, 6.45) is 2.44. The molecule has 0 bridgehead atoms. The molecule has 0 aliphatic carbocycles. The van der Waals surface area contributed by atoms with Crippen LogP contribution in [0.25, 0.3) is 0 Å². The van der Waals surface area contributed by atoms with Gasteiger partial charge >= 0.3 is 11.9 Å². The van der Waals surface area contributed by atoms with Gasteiger partial charge in [0.1, 0.15) is 25.3 Å². The minimum Gasteiger partial charge on any atom is -0.459 e. The van der Waals surface area contributed by atoms with Gasteiger partial charge in [0, 0.05) is 25.0 Å². The number of esters is 2. The maximum absolute atomic E-state index is 13.0. The van der Waals surface area contributed by atoms with Gasteiger partial charge in [-0.2, -0.15) is 0 Å². The van der Waals surface area contributed by atoms with E-state index in [2.05, 4.69) is 10.6 Å². The van der Waals surface area contributed by atoms with Crippen molar-refractivity contribution in [2.24, 2.45) is 0 Å². The van der Waals surface area contributed by atoms with Crippen molar-refractivity contribution >= 4 is 23.8 Å². The summed E-state index contributed by atoms with van der Waals surface area (Å²) in [4.78, 5) is 51.6. The number of rotatable bonds is 14. The number of nitrogens with one attached hydrogen (secondary N) is 2. The number of amides is 2. The second-order valence-corrected chi connectivity index (χ2v) is 10.0. The third-order valence-electron chi connectivity index (χ3n) is 6.60. The van der Waals surface area contributed by atoms with E-state index in [1.807, 2.05) is 121 Å². The average molecular weight is 591 g/mol. The van der Waals surface area contributed by atoms with Crippen molar-refractivity contribution in [3.63, 3.8) is 0 Å². The van der Waals surface area contributed by atoms with E-state index >= 15 is 0 Å². The van der Waals surface area contributed by atoms with Crippen molar-refractivity contribution in [2.75, 3.05) is 0 Å². The molecule has 0 fully saturated rings. The Kier molecular flexibility index (Phi) is 12.0. The van der Waals surface area contributed by atoms with Gasteiger partial charge in [-0.1, -0.05) is 121 Å². The normalized spacial score (nSPS) is 12.1. The van der Waals surface area contributed by atoms with Gasteiger partial charge in [0.15, 0.2) is 0 Å². The van der Waals surface area contributed by atoms with Gasteiger partial charge in [-0.25, -0.2) is 9.59 Å². The van der Waals surface area contributed by atoms with E-state index in [0.717, 1.165) is 34.4 Å². The second kappa shape index (κ2) is 16.8. The maximum atomic E-state index is 13.0. The van der Waals surface area contributed by atoms with Crippen LogP contribution < -0.4 is 10.6 Å². The number of hydrogen-bond acceptors (Lipinski definition) is 6. The predicted molar refractivity (Wildman–Crippen MR) is 166 cm³/mol. The molecule has 0 aliphatic heterocycles. The average Bonchev–Trinajstić information content (AvgIpc) is 3.06. The first kappa shape index (κ1) is 31.4. The third kappa shape index (κ3) is 10.7. The first-order chi connectivity index (χ1) is 21.5.